The van der Waals surface area contributed by atoms with Crippen LogP contribution < -0.4 is 5.63 Å². The zero-order valence-corrected chi connectivity index (χ0v) is 9.46. The van der Waals surface area contributed by atoms with Crippen LogP contribution in [-0.2, 0) is 20.4 Å². The van der Waals surface area contributed by atoms with E-state index in [0.717, 1.165) is 0 Å². The Balaban J connectivity index is 0.000000845. The van der Waals surface area contributed by atoms with E-state index < -0.39 is 5.63 Å². The van der Waals surface area contributed by atoms with Crippen LogP contribution in [0, 0.1) is 13.1 Å². The molecule has 4 nitrogen and oxygen atoms in total. The van der Waals surface area contributed by atoms with Gasteiger partial charge in [0.15, 0.2) is 5.89 Å². The summed E-state index contributed by atoms with van der Waals surface area (Å²) in [7, 11) is 0. The minimum absolute atomic E-state index is 0. The van der Waals surface area contributed by atoms with Crippen LogP contribution in [0.3, 0.4) is 0 Å². The number of nitrogens with zero attached hydrogens (tertiary/aromatic N) is 2. The van der Waals surface area contributed by atoms with E-state index >= 15 is 0 Å². The zero-order chi connectivity index (χ0) is 8.55. The fourth-order valence-corrected chi connectivity index (χ4v) is 0.978. The first-order valence-corrected chi connectivity index (χ1v) is 3.41. The van der Waals surface area contributed by atoms with Crippen LogP contribution >= 0.6 is 0 Å². The van der Waals surface area contributed by atoms with Gasteiger partial charge < -0.3 is 9.40 Å². The maximum absolute atomic E-state index is 11.1. The van der Waals surface area contributed by atoms with Crippen LogP contribution in [0.15, 0.2) is 21.5 Å². The molecule has 0 saturated heterocycles. The molecule has 0 aliphatic heterocycles. The smallest absolute Gasteiger partial charge is 0.289 e. The monoisotopic (exact) mass is 348 g/mol. The standard InChI is InChI=1S/C8H5N2O2.Re/c1-5-10-7-4-9-3-2-6(7)8(11)12-5;/h2,4H,1H3;/q-1;. The van der Waals surface area contributed by atoms with Crippen LogP contribution in [-0.4, -0.2) is 9.97 Å². The second kappa shape index (κ2) is 3.77. The molecule has 5 heteroatoms. The summed E-state index contributed by atoms with van der Waals surface area (Å²) in [5.74, 6) is 0.348. The molecule has 0 aliphatic rings. The van der Waals surface area contributed by atoms with E-state index in [9.17, 15) is 4.79 Å². The summed E-state index contributed by atoms with van der Waals surface area (Å²) in [4.78, 5) is 18.9. The Kier molecular flexibility index (Phi) is 2.91. The average molecular weight is 347 g/mol. The molecular weight excluding hydrogens is 342 g/mol. The first kappa shape index (κ1) is 10.0. The van der Waals surface area contributed by atoms with Gasteiger partial charge >= 0.3 is 0 Å². The Bertz CT molecular complexity index is 481. The Morgan fingerprint density at radius 2 is 2.31 bits per heavy atom. The number of fused-ring (bicyclic) bond motifs is 1. The van der Waals surface area contributed by atoms with Crippen molar-refractivity contribution >= 4 is 10.9 Å². The average Bonchev–Trinajstić information content (AvgIpc) is 2.04. The van der Waals surface area contributed by atoms with E-state index in [0.29, 0.717) is 16.8 Å². The van der Waals surface area contributed by atoms with Gasteiger partial charge in [-0.05, 0) is 10.9 Å². The summed E-state index contributed by atoms with van der Waals surface area (Å²) >= 11 is 0. The quantitative estimate of drug-likeness (QED) is 0.658. The van der Waals surface area contributed by atoms with Crippen LogP contribution in [0.1, 0.15) is 5.89 Å². The first-order valence-electron chi connectivity index (χ1n) is 3.41. The second-order valence-electron chi connectivity index (χ2n) is 2.35. The molecule has 0 unspecified atom stereocenters. The van der Waals surface area contributed by atoms with Crippen molar-refractivity contribution in [2.24, 2.45) is 0 Å². The van der Waals surface area contributed by atoms with Gasteiger partial charge in [0.25, 0.3) is 5.63 Å². The maximum Gasteiger partial charge on any atom is 0.289 e. The van der Waals surface area contributed by atoms with Crippen LogP contribution in [0.4, 0.5) is 0 Å². The molecule has 13 heavy (non-hydrogen) atoms. The molecule has 0 N–H and O–H groups in total. The molecule has 2 rings (SSSR count). The van der Waals surface area contributed by atoms with Gasteiger partial charge in [0.05, 0.1) is 0 Å². The van der Waals surface area contributed by atoms with E-state index in [2.05, 4.69) is 16.2 Å². The van der Waals surface area contributed by atoms with Crippen molar-refractivity contribution in [3.05, 3.63) is 34.8 Å². The molecule has 0 fully saturated rings. The van der Waals surface area contributed by atoms with Gasteiger partial charge in [0.2, 0.25) is 0 Å². The third kappa shape index (κ3) is 1.82. The van der Waals surface area contributed by atoms with Crippen molar-refractivity contribution in [1.29, 1.82) is 0 Å². The van der Waals surface area contributed by atoms with Crippen molar-refractivity contribution in [3.63, 3.8) is 0 Å². The third-order valence-corrected chi connectivity index (χ3v) is 1.48. The van der Waals surface area contributed by atoms with Crippen LogP contribution in [0.2, 0.25) is 0 Å². The molecule has 1 radical (unpaired) electrons. The predicted molar refractivity (Wildman–Crippen MR) is 41.6 cm³/mol. The number of rotatable bonds is 0. The summed E-state index contributed by atoms with van der Waals surface area (Å²) in [6.45, 7) is 1.62. The number of hydrogen-bond acceptors (Lipinski definition) is 4. The summed E-state index contributed by atoms with van der Waals surface area (Å²) in [5.41, 5.74) is 0.152. The van der Waals surface area contributed by atoms with E-state index in [1.807, 2.05) is 0 Å². The third-order valence-electron chi connectivity index (χ3n) is 1.48. The van der Waals surface area contributed by atoms with Gasteiger partial charge in [-0.2, -0.15) is 0 Å². The minimum atomic E-state index is -0.392. The predicted octanol–water partition coefficient (Wildman–Crippen LogP) is 0.689. The normalized spacial score (nSPS) is 9.62. The summed E-state index contributed by atoms with van der Waals surface area (Å²) in [5, 5.41) is 0.413. The topological polar surface area (TPSA) is 56.0 Å². The van der Waals surface area contributed by atoms with Crippen LogP contribution in [0.5, 0.6) is 0 Å². The molecule has 0 spiro atoms. The fourth-order valence-electron chi connectivity index (χ4n) is 0.978. The van der Waals surface area contributed by atoms with Crippen molar-refractivity contribution in [1.82, 2.24) is 9.97 Å². The van der Waals surface area contributed by atoms with Crippen LogP contribution in [0.25, 0.3) is 10.9 Å². The molecule has 2 heterocycles. The van der Waals surface area contributed by atoms with Gasteiger partial charge in [0, 0.05) is 27.3 Å². The molecule has 0 aliphatic carbocycles. The molecule has 2 aromatic rings. The summed E-state index contributed by atoms with van der Waals surface area (Å²) in [6.07, 6.45) is 4.03. The number of hydrogen-bond donors (Lipinski definition) is 0. The van der Waals surface area contributed by atoms with Gasteiger partial charge in [-0.1, -0.05) is 12.4 Å². The minimum Gasteiger partial charge on any atom is -0.417 e. The van der Waals surface area contributed by atoms with E-state index in [-0.39, 0.29) is 20.4 Å². The van der Waals surface area contributed by atoms with Gasteiger partial charge in [-0.25, -0.2) is 4.98 Å². The van der Waals surface area contributed by atoms with Gasteiger partial charge in [-0.15, -0.1) is 6.07 Å². The van der Waals surface area contributed by atoms with Crippen molar-refractivity contribution < 1.29 is 24.8 Å². The number of pyridine rings is 1. The molecular formula is C8H5N2O2Re-. The molecule has 0 bridgehead atoms. The SMILES string of the molecule is Cc1nc2cn[c-]cc2c(=O)o1.[Re]. The van der Waals surface area contributed by atoms with E-state index in [4.69, 9.17) is 4.42 Å². The first-order chi connectivity index (χ1) is 5.77. The summed E-state index contributed by atoms with van der Waals surface area (Å²) < 4.78 is 4.78. The largest absolute Gasteiger partial charge is 0.417 e. The van der Waals surface area contributed by atoms with Crippen molar-refractivity contribution in [2.45, 2.75) is 6.92 Å². The fraction of sp³-hybridized carbons (Fsp3) is 0.125. The summed E-state index contributed by atoms with van der Waals surface area (Å²) in [6, 6.07) is 1.47. The van der Waals surface area contributed by atoms with E-state index in [1.54, 1.807) is 6.92 Å². The molecule has 67 valence electrons. The van der Waals surface area contributed by atoms with E-state index in [1.165, 1.54) is 12.3 Å². The van der Waals surface area contributed by atoms with Crippen molar-refractivity contribution in [2.75, 3.05) is 0 Å². The number of aromatic nitrogens is 2. The number of aryl methyl sites for hydroxylation is 1. The molecule has 0 amide bonds. The van der Waals surface area contributed by atoms with Crippen molar-refractivity contribution in [3.8, 4) is 0 Å². The Morgan fingerprint density at radius 3 is 3.08 bits per heavy atom. The molecule has 0 aromatic carbocycles. The Hall–Kier alpha value is -1.05. The zero-order valence-electron chi connectivity index (χ0n) is 6.74. The Labute approximate surface area is 87.7 Å². The second-order valence-corrected chi connectivity index (χ2v) is 2.35. The molecule has 2 aromatic heterocycles. The molecule has 0 atom stereocenters. The molecule has 0 saturated carbocycles. The van der Waals surface area contributed by atoms with Gasteiger partial charge in [0.1, 0.15) is 0 Å². The van der Waals surface area contributed by atoms with Gasteiger partial charge in [-0.3, -0.25) is 4.79 Å². The Morgan fingerprint density at radius 1 is 1.54 bits per heavy atom. The maximum atomic E-state index is 11.1.